The van der Waals surface area contributed by atoms with Gasteiger partial charge in [0.25, 0.3) is 0 Å². The number of nitrogens with two attached hydrogens (primary N) is 1. The molecule has 1 aliphatic heterocycles. The summed E-state index contributed by atoms with van der Waals surface area (Å²) in [4.78, 5) is 63.1. The minimum Gasteiger partial charge on any atom is -0.497 e. The Hall–Kier alpha value is -4.58. The van der Waals surface area contributed by atoms with E-state index >= 15 is 0 Å². The van der Waals surface area contributed by atoms with Crippen LogP contribution < -0.4 is 10.5 Å². The first-order valence-electron chi connectivity index (χ1n) is 14.1. The molecular weight excluding hydrogens is 761 g/mol. The molecule has 52 heavy (non-hydrogen) atoms. The number of aromatic nitrogens is 3. The predicted octanol–water partition coefficient (Wildman–Crippen LogP) is 3.32. The van der Waals surface area contributed by atoms with E-state index in [1.54, 1.807) is 0 Å². The quantitative estimate of drug-likeness (QED) is 0.0347. The van der Waals surface area contributed by atoms with Crippen LogP contribution in [-0.4, -0.2) is 79.3 Å². The highest BCUT2D eigenvalue weighted by Gasteiger charge is 2.43. The van der Waals surface area contributed by atoms with Gasteiger partial charge in [0.15, 0.2) is 6.61 Å². The molecule has 1 saturated heterocycles. The minimum atomic E-state index is -5.79. The molecule has 278 valence electrons. The van der Waals surface area contributed by atoms with Gasteiger partial charge < -0.3 is 48.8 Å². The third-order valence-corrected chi connectivity index (χ3v) is 10.5. The van der Waals surface area contributed by atoms with E-state index in [0.29, 0.717) is 11.3 Å². The normalized spacial score (nSPS) is 19.3. The fourth-order valence-electron chi connectivity index (χ4n) is 4.69. The maximum absolute atomic E-state index is 12.8. The molecule has 0 saturated carbocycles. The van der Waals surface area contributed by atoms with Gasteiger partial charge in [0, 0.05) is 22.4 Å². The molecule has 1 aromatic carbocycles. The Balaban J connectivity index is 1.53. The number of esters is 1. The van der Waals surface area contributed by atoms with Gasteiger partial charge in [-0.1, -0.05) is 22.1 Å². The van der Waals surface area contributed by atoms with Crippen LogP contribution in [0.1, 0.15) is 34.1 Å². The van der Waals surface area contributed by atoms with Gasteiger partial charge in [0.1, 0.15) is 42.6 Å². The lowest BCUT2D eigenvalue weighted by molar-refractivity contribution is -0.0582. The van der Waals surface area contributed by atoms with Crippen molar-refractivity contribution in [1.82, 2.24) is 14.5 Å². The summed E-state index contributed by atoms with van der Waals surface area (Å²) in [6.07, 6.45) is -0.658. The third kappa shape index (κ3) is 11.0. The molecule has 1 fully saturated rings. The van der Waals surface area contributed by atoms with Crippen LogP contribution in [0.15, 0.2) is 41.0 Å². The van der Waals surface area contributed by atoms with Crippen LogP contribution in [-0.2, 0) is 47.6 Å². The van der Waals surface area contributed by atoms with Crippen LogP contribution in [0.25, 0.3) is 31.9 Å². The molecule has 0 bridgehead atoms. The highest BCUT2D eigenvalue weighted by molar-refractivity contribution is 7.66. The van der Waals surface area contributed by atoms with Gasteiger partial charge in [0.2, 0.25) is 0 Å². The first-order chi connectivity index (χ1) is 24.6. The molecule has 28 heteroatoms. The SMILES string of the molecule is COc1ccc(C(=O)OCC#Cc2cn([C@H]3CC(OCN=[N+]=[N-])[C@@H](COP(=O)(O)OP(=O)(O)OP(=O)(O)O)O3)c3ncnc(N)c23)c(CN=[N+]=[N-])c1. The monoisotopic (exact) mass is 788 g/mol. The van der Waals surface area contributed by atoms with Crippen LogP contribution in [0, 0.1) is 11.8 Å². The average molecular weight is 788 g/mol. The number of nitrogens with zero attached hydrogens (tertiary/aromatic N) is 9. The van der Waals surface area contributed by atoms with Crippen molar-refractivity contribution in [2.45, 2.75) is 31.4 Å². The summed E-state index contributed by atoms with van der Waals surface area (Å²) in [5.41, 5.74) is 24.4. The maximum atomic E-state index is 12.8. The number of phosphoric ester groups is 1. The maximum Gasteiger partial charge on any atom is 0.490 e. The molecule has 2 aromatic heterocycles. The molecule has 0 spiro atoms. The third-order valence-electron chi connectivity index (χ3n) is 6.69. The molecule has 0 amide bonds. The number of hydrogen-bond donors (Lipinski definition) is 5. The molecule has 6 N–H and O–H groups in total. The van der Waals surface area contributed by atoms with Gasteiger partial charge in [0.05, 0.1) is 42.9 Å². The number of anilines is 1. The van der Waals surface area contributed by atoms with Crippen LogP contribution in [0.2, 0.25) is 0 Å². The zero-order valence-corrected chi connectivity index (χ0v) is 29.1. The zero-order chi connectivity index (χ0) is 38.1. The summed E-state index contributed by atoms with van der Waals surface area (Å²) < 4.78 is 70.5. The average Bonchev–Trinajstić information content (AvgIpc) is 3.64. The Bertz CT molecular complexity index is 2120. The van der Waals surface area contributed by atoms with Crippen molar-refractivity contribution in [1.29, 1.82) is 0 Å². The molecule has 25 nitrogen and oxygen atoms in total. The van der Waals surface area contributed by atoms with Gasteiger partial charge in [-0.05, 0) is 34.8 Å². The molecule has 0 radical (unpaired) electrons. The number of azide groups is 2. The molecule has 3 heterocycles. The molecule has 4 rings (SSSR count). The second-order valence-corrected chi connectivity index (χ2v) is 14.4. The highest BCUT2D eigenvalue weighted by atomic mass is 31.3. The Morgan fingerprint density at radius 2 is 1.88 bits per heavy atom. The van der Waals surface area contributed by atoms with Crippen molar-refractivity contribution in [2.24, 2.45) is 10.2 Å². The molecular formula is C24H27N10O15P3. The highest BCUT2D eigenvalue weighted by Crippen LogP contribution is 2.66. The van der Waals surface area contributed by atoms with E-state index in [1.807, 2.05) is 0 Å². The van der Waals surface area contributed by atoms with Gasteiger partial charge in [-0.3, -0.25) is 4.52 Å². The number of phosphoric acid groups is 3. The van der Waals surface area contributed by atoms with Crippen molar-refractivity contribution in [3.8, 4) is 17.6 Å². The van der Waals surface area contributed by atoms with Gasteiger partial charge in [-0.15, -0.1) is 0 Å². The standard InChI is InChI=1S/C24H27N10O15P3/c1-43-16-4-5-17(15(7-16)9-30-32-26)24(35)44-6-2-3-14-10-34(23-21(14)22(25)28-12-29-23)20-8-18(45-13-31-33-27)19(47-20)11-46-51(39,40)49-52(41,42)48-50(36,37)38/h4-5,7,10,12,18-20H,6,8-9,11,13H2,1H3,(H,39,40)(H,41,42)(H2,25,28,29)(H2,36,37,38)/t18?,19-,20-/m1/s1. The van der Waals surface area contributed by atoms with E-state index in [1.165, 1.54) is 36.1 Å². The smallest absolute Gasteiger partial charge is 0.490 e. The molecule has 0 aliphatic carbocycles. The van der Waals surface area contributed by atoms with Crippen LogP contribution in [0.4, 0.5) is 5.82 Å². The lowest BCUT2D eigenvalue weighted by Gasteiger charge is -2.21. The number of hydrogen-bond acceptors (Lipinski definition) is 16. The van der Waals surface area contributed by atoms with Crippen LogP contribution in [0.3, 0.4) is 0 Å². The van der Waals surface area contributed by atoms with Crippen molar-refractivity contribution < 1.29 is 70.2 Å². The second-order valence-electron chi connectivity index (χ2n) is 10.0. The lowest BCUT2D eigenvalue weighted by atomic mass is 10.1. The number of carbonyl (C=O) groups excluding carboxylic acids is 1. The number of rotatable bonds is 16. The molecule has 5 atom stereocenters. The van der Waals surface area contributed by atoms with Crippen molar-refractivity contribution >= 4 is 46.3 Å². The van der Waals surface area contributed by atoms with E-state index in [0.717, 1.165) is 6.33 Å². The summed E-state index contributed by atoms with van der Waals surface area (Å²) in [5.74, 6) is 5.23. The van der Waals surface area contributed by atoms with E-state index in [4.69, 9.17) is 50.1 Å². The van der Waals surface area contributed by atoms with Gasteiger partial charge >= 0.3 is 29.4 Å². The molecule has 1 aliphatic rings. The minimum absolute atomic E-state index is 0.0179. The van der Waals surface area contributed by atoms with Crippen LogP contribution >= 0.6 is 23.5 Å². The number of ether oxygens (including phenoxy) is 4. The first-order valence-corrected chi connectivity index (χ1v) is 18.6. The van der Waals surface area contributed by atoms with Gasteiger partial charge in [-0.2, -0.15) is 8.62 Å². The van der Waals surface area contributed by atoms with E-state index < -0.39 is 61.2 Å². The first kappa shape index (κ1) is 40.2. The topological polar surface area (TPSA) is 368 Å². The summed E-state index contributed by atoms with van der Waals surface area (Å²) in [7, 11) is -15.5. The Morgan fingerprint density at radius 1 is 1.13 bits per heavy atom. The molecule has 3 aromatic rings. The number of nitrogen functional groups attached to an aromatic ring is 1. The largest absolute Gasteiger partial charge is 0.497 e. The summed E-state index contributed by atoms with van der Waals surface area (Å²) >= 11 is 0. The number of fused-ring (bicyclic) bond motifs is 1. The number of methoxy groups -OCH3 is 1. The summed E-state index contributed by atoms with van der Waals surface area (Å²) in [6.45, 7) is -1.90. The lowest BCUT2D eigenvalue weighted by Crippen LogP contribution is -2.29. The van der Waals surface area contributed by atoms with Crippen molar-refractivity contribution in [3.05, 3.63) is 68.3 Å². The van der Waals surface area contributed by atoms with E-state index in [-0.39, 0.29) is 47.6 Å². The second kappa shape index (κ2) is 17.3. The number of carbonyl (C=O) groups is 1. The fraction of sp³-hybridized carbons (Fsp3) is 0.375. The van der Waals surface area contributed by atoms with Crippen LogP contribution in [0.5, 0.6) is 5.75 Å². The van der Waals surface area contributed by atoms with E-state index in [2.05, 4.69) is 50.5 Å². The molecule has 3 unspecified atom stereocenters. The Morgan fingerprint density at radius 3 is 2.58 bits per heavy atom. The Labute approximate surface area is 291 Å². The predicted molar refractivity (Wildman–Crippen MR) is 172 cm³/mol. The van der Waals surface area contributed by atoms with Crippen molar-refractivity contribution in [2.75, 3.05) is 32.8 Å². The van der Waals surface area contributed by atoms with E-state index in [9.17, 15) is 28.3 Å². The fourth-order valence-corrected chi connectivity index (χ4v) is 7.72. The zero-order valence-electron chi connectivity index (χ0n) is 26.4. The van der Waals surface area contributed by atoms with Crippen molar-refractivity contribution in [3.63, 3.8) is 0 Å². The summed E-state index contributed by atoms with van der Waals surface area (Å²) in [5, 5.41) is 7.03. The summed E-state index contributed by atoms with van der Waals surface area (Å²) in [6, 6.07) is 4.50. The number of benzene rings is 1. The Kier molecular flexibility index (Phi) is 13.4. The van der Waals surface area contributed by atoms with Gasteiger partial charge in [-0.25, -0.2) is 28.5 Å².